The molecule has 0 saturated carbocycles. The Bertz CT molecular complexity index is 442. The first-order valence-corrected chi connectivity index (χ1v) is 6.85. The third-order valence-electron chi connectivity index (χ3n) is 2.75. The predicted molar refractivity (Wildman–Crippen MR) is 73.4 cm³/mol. The number of hydrogen-bond acceptors (Lipinski definition) is 2. The molecule has 0 aliphatic rings. The fourth-order valence-corrected chi connectivity index (χ4v) is 2.65. The molecule has 1 unspecified atom stereocenters. The Morgan fingerprint density at radius 1 is 1.12 bits per heavy atom. The lowest BCUT2D eigenvalue weighted by Crippen LogP contribution is -1.98. The average Bonchev–Trinajstić information content (AvgIpc) is 2.82. The second-order valence-corrected chi connectivity index (χ2v) is 5.74. The van der Waals surface area contributed by atoms with Gasteiger partial charge in [0.25, 0.3) is 0 Å². The minimum Gasteiger partial charge on any atom is -0.383 e. The first-order chi connectivity index (χ1) is 8.16. The molecule has 0 amide bonds. The predicted octanol–water partition coefficient (Wildman–Crippen LogP) is 4.03. The van der Waals surface area contributed by atoms with Crippen molar-refractivity contribution >= 4 is 11.3 Å². The number of hydrogen-bond donors (Lipinski definition) is 1. The summed E-state index contributed by atoms with van der Waals surface area (Å²) in [7, 11) is 0. The molecule has 0 aliphatic carbocycles. The van der Waals surface area contributed by atoms with Crippen LogP contribution in [0.2, 0.25) is 0 Å². The van der Waals surface area contributed by atoms with Crippen LogP contribution >= 0.6 is 11.3 Å². The molecule has 17 heavy (non-hydrogen) atoms. The summed E-state index contributed by atoms with van der Waals surface area (Å²) >= 11 is 1.59. The lowest BCUT2D eigenvalue weighted by atomic mass is 10.00. The highest BCUT2D eigenvalue weighted by Crippen LogP contribution is 2.26. The molecule has 0 aliphatic heterocycles. The van der Waals surface area contributed by atoms with Crippen molar-refractivity contribution in [1.29, 1.82) is 0 Å². The van der Waals surface area contributed by atoms with Crippen molar-refractivity contribution in [2.24, 2.45) is 5.92 Å². The Balaban J connectivity index is 2.12. The van der Waals surface area contributed by atoms with Crippen molar-refractivity contribution in [2.75, 3.05) is 0 Å². The van der Waals surface area contributed by atoms with Gasteiger partial charge in [0.1, 0.15) is 6.10 Å². The van der Waals surface area contributed by atoms with Gasteiger partial charge in [0.15, 0.2) is 0 Å². The van der Waals surface area contributed by atoms with Gasteiger partial charge < -0.3 is 5.11 Å². The average molecular weight is 246 g/mol. The number of aliphatic hydroxyl groups is 1. The van der Waals surface area contributed by atoms with E-state index in [-0.39, 0.29) is 0 Å². The van der Waals surface area contributed by atoms with Gasteiger partial charge in [-0.05, 0) is 34.9 Å². The van der Waals surface area contributed by atoms with Gasteiger partial charge >= 0.3 is 0 Å². The second-order valence-electron chi connectivity index (χ2n) is 4.76. The van der Waals surface area contributed by atoms with E-state index >= 15 is 0 Å². The third-order valence-corrected chi connectivity index (χ3v) is 3.68. The summed E-state index contributed by atoms with van der Waals surface area (Å²) in [5, 5.41) is 12.2. The summed E-state index contributed by atoms with van der Waals surface area (Å²) in [6, 6.07) is 12.2. The molecule has 0 bridgehead atoms. The van der Waals surface area contributed by atoms with Crippen LogP contribution < -0.4 is 0 Å². The van der Waals surface area contributed by atoms with E-state index < -0.39 is 6.10 Å². The minimum absolute atomic E-state index is 0.483. The molecule has 0 spiro atoms. The van der Waals surface area contributed by atoms with Crippen LogP contribution in [-0.4, -0.2) is 5.11 Å². The maximum absolute atomic E-state index is 10.2. The summed E-state index contributed by atoms with van der Waals surface area (Å²) in [5.41, 5.74) is 2.31. The molecule has 1 aromatic heterocycles. The zero-order valence-corrected chi connectivity index (χ0v) is 11.1. The molecule has 90 valence electrons. The lowest BCUT2D eigenvalue weighted by molar-refractivity contribution is 0.224. The standard InChI is InChI=1S/C15H18OS/c1-11(2)10-12-5-7-13(8-6-12)15(16)14-4-3-9-17-14/h3-9,11,15-16H,10H2,1-2H3. The van der Waals surface area contributed by atoms with E-state index in [0.29, 0.717) is 5.92 Å². The van der Waals surface area contributed by atoms with Crippen molar-refractivity contribution in [3.8, 4) is 0 Å². The first-order valence-electron chi connectivity index (χ1n) is 5.97. The highest BCUT2D eigenvalue weighted by molar-refractivity contribution is 7.10. The zero-order valence-electron chi connectivity index (χ0n) is 10.3. The molecule has 2 aromatic rings. The van der Waals surface area contributed by atoms with E-state index in [1.807, 2.05) is 29.6 Å². The van der Waals surface area contributed by atoms with Gasteiger partial charge in [-0.15, -0.1) is 11.3 Å². The smallest absolute Gasteiger partial charge is 0.113 e. The van der Waals surface area contributed by atoms with E-state index in [2.05, 4.69) is 26.0 Å². The van der Waals surface area contributed by atoms with Crippen LogP contribution in [0.25, 0.3) is 0 Å². The minimum atomic E-state index is -0.483. The van der Waals surface area contributed by atoms with Crippen molar-refractivity contribution in [1.82, 2.24) is 0 Å². The number of aliphatic hydroxyl groups excluding tert-OH is 1. The van der Waals surface area contributed by atoms with Crippen LogP contribution in [0.3, 0.4) is 0 Å². The van der Waals surface area contributed by atoms with Gasteiger partial charge in [-0.3, -0.25) is 0 Å². The summed E-state index contributed by atoms with van der Waals surface area (Å²) in [6.07, 6.45) is 0.609. The second kappa shape index (κ2) is 5.48. The summed E-state index contributed by atoms with van der Waals surface area (Å²) in [4.78, 5) is 1.00. The summed E-state index contributed by atoms with van der Waals surface area (Å²) in [6.45, 7) is 4.43. The fraction of sp³-hybridized carbons (Fsp3) is 0.333. The molecular weight excluding hydrogens is 228 g/mol. The molecule has 0 fully saturated rings. The highest BCUT2D eigenvalue weighted by Gasteiger charge is 2.10. The lowest BCUT2D eigenvalue weighted by Gasteiger charge is -2.10. The molecule has 1 atom stereocenters. The number of rotatable bonds is 4. The molecule has 0 saturated heterocycles. The molecular formula is C15H18OS. The molecule has 2 heteroatoms. The van der Waals surface area contributed by atoms with Crippen molar-refractivity contribution in [3.05, 3.63) is 57.8 Å². The van der Waals surface area contributed by atoms with E-state index in [1.54, 1.807) is 11.3 Å². The van der Waals surface area contributed by atoms with E-state index in [1.165, 1.54) is 5.56 Å². The number of benzene rings is 1. The van der Waals surface area contributed by atoms with Gasteiger partial charge in [-0.1, -0.05) is 44.2 Å². The number of thiophene rings is 1. The fourth-order valence-electron chi connectivity index (χ4n) is 1.92. The van der Waals surface area contributed by atoms with Crippen LogP contribution in [0, 0.1) is 5.92 Å². The van der Waals surface area contributed by atoms with Gasteiger partial charge in [0.05, 0.1) is 0 Å². The zero-order chi connectivity index (χ0) is 12.3. The van der Waals surface area contributed by atoms with Crippen LogP contribution in [0.15, 0.2) is 41.8 Å². The summed E-state index contributed by atoms with van der Waals surface area (Å²) < 4.78 is 0. The molecule has 1 N–H and O–H groups in total. The largest absolute Gasteiger partial charge is 0.383 e. The molecule has 1 nitrogen and oxygen atoms in total. The molecule has 0 radical (unpaired) electrons. The van der Waals surface area contributed by atoms with Crippen molar-refractivity contribution in [2.45, 2.75) is 26.4 Å². The quantitative estimate of drug-likeness (QED) is 0.863. The molecule has 2 rings (SSSR count). The molecule has 1 aromatic carbocycles. The maximum atomic E-state index is 10.2. The van der Waals surface area contributed by atoms with Gasteiger partial charge in [-0.2, -0.15) is 0 Å². The van der Waals surface area contributed by atoms with E-state index in [4.69, 9.17) is 0 Å². The van der Waals surface area contributed by atoms with Gasteiger partial charge in [0, 0.05) is 4.88 Å². The monoisotopic (exact) mass is 246 g/mol. The topological polar surface area (TPSA) is 20.2 Å². The Morgan fingerprint density at radius 3 is 2.35 bits per heavy atom. The van der Waals surface area contributed by atoms with Crippen LogP contribution in [0.4, 0.5) is 0 Å². The van der Waals surface area contributed by atoms with Crippen LogP contribution in [0.1, 0.15) is 36.0 Å². The third kappa shape index (κ3) is 3.18. The maximum Gasteiger partial charge on any atom is 0.113 e. The summed E-state index contributed by atoms with van der Waals surface area (Å²) in [5.74, 6) is 0.670. The Labute approximate surface area is 107 Å². The Hall–Kier alpha value is -1.12. The van der Waals surface area contributed by atoms with Crippen molar-refractivity contribution in [3.63, 3.8) is 0 Å². The van der Waals surface area contributed by atoms with Crippen LogP contribution in [0.5, 0.6) is 0 Å². The first kappa shape index (κ1) is 12.3. The van der Waals surface area contributed by atoms with E-state index in [9.17, 15) is 5.11 Å². The van der Waals surface area contributed by atoms with Crippen LogP contribution in [-0.2, 0) is 6.42 Å². The normalized spacial score (nSPS) is 12.9. The van der Waals surface area contributed by atoms with Crippen molar-refractivity contribution < 1.29 is 5.11 Å². The van der Waals surface area contributed by atoms with Gasteiger partial charge in [0.2, 0.25) is 0 Å². The van der Waals surface area contributed by atoms with E-state index in [0.717, 1.165) is 16.9 Å². The Morgan fingerprint density at radius 2 is 1.82 bits per heavy atom. The molecule has 1 heterocycles. The highest BCUT2D eigenvalue weighted by atomic mass is 32.1. The van der Waals surface area contributed by atoms with Gasteiger partial charge in [-0.25, -0.2) is 0 Å². The SMILES string of the molecule is CC(C)Cc1ccc(C(O)c2cccs2)cc1. The Kier molecular flexibility index (Phi) is 3.97.